The van der Waals surface area contributed by atoms with Gasteiger partial charge in [0.25, 0.3) is 0 Å². The van der Waals surface area contributed by atoms with Crippen LogP contribution in [0.3, 0.4) is 0 Å². The summed E-state index contributed by atoms with van der Waals surface area (Å²) in [5, 5.41) is 0. The molecule has 3 rings (SSSR count). The summed E-state index contributed by atoms with van der Waals surface area (Å²) in [4.78, 5) is 2.41. The molecule has 0 fully saturated rings. The molecule has 0 saturated carbocycles. The van der Waals surface area contributed by atoms with Crippen LogP contribution in [-0.2, 0) is 19.5 Å². The maximum Gasteiger partial charge on any atom is 0.127 e. The first-order valence-electron chi connectivity index (χ1n) is 7.51. The molecule has 0 aliphatic carbocycles. The van der Waals surface area contributed by atoms with Gasteiger partial charge in [-0.2, -0.15) is 0 Å². The van der Waals surface area contributed by atoms with Crippen molar-refractivity contribution >= 4 is 5.69 Å². The molecule has 1 atom stereocenters. The molecule has 0 amide bonds. The molecular formula is C18H21FN2. The Kier molecular flexibility index (Phi) is 3.93. The van der Waals surface area contributed by atoms with Crippen molar-refractivity contribution in [3.8, 4) is 0 Å². The lowest BCUT2D eigenvalue weighted by Gasteiger charge is -2.37. The molecule has 3 heteroatoms. The number of anilines is 1. The molecule has 1 heterocycles. The quantitative estimate of drug-likeness (QED) is 0.932. The predicted molar refractivity (Wildman–Crippen MR) is 84.7 cm³/mol. The van der Waals surface area contributed by atoms with E-state index >= 15 is 0 Å². The van der Waals surface area contributed by atoms with Gasteiger partial charge in [-0.05, 0) is 49.1 Å². The Morgan fingerprint density at radius 1 is 1.24 bits per heavy atom. The van der Waals surface area contributed by atoms with Crippen LogP contribution in [-0.4, -0.2) is 6.04 Å². The Labute approximate surface area is 125 Å². The number of aryl methyl sites for hydroxylation is 1. The third-order valence-electron chi connectivity index (χ3n) is 4.35. The number of rotatable bonds is 3. The highest BCUT2D eigenvalue weighted by Crippen LogP contribution is 2.31. The van der Waals surface area contributed by atoms with E-state index in [1.54, 1.807) is 0 Å². The monoisotopic (exact) mass is 284 g/mol. The number of para-hydroxylation sites is 1. The van der Waals surface area contributed by atoms with E-state index in [9.17, 15) is 4.39 Å². The van der Waals surface area contributed by atoms with E-state index in [4.69, 9.17) is 5.73 Å². The summed E-state index contributed by atoms with van der Waals surface area (Å²) < 4.78 is 13.6. The number of halogens is 1. The Hall–Kier alpha value is -1.87. The van der Waals surface area contributed by atoms with Crippen LogP contribution in [0.4, 0.5) is 10.1 Å². The first-order chi connectivity index (χ1) is 10.2. The highest BCUT2D eigenvalue weighted by Gasteiger charge is 2.22. The lowest BCUT2D eigenvalue weighted by Crippen LogP contribution is -2.36. The van der Waals surface area contributed by atoms with Gasteiger partial charge < -0.3 is 10.6 Å². The minimum atomic E-state index is -0.214. The smallest absolute Gasteiger partial charge is 0.127 e. The van der Waals surface area contributed by atoms with Crippen LogP contribution in [0.2, 0.25) is 0 Å². The summed E-state index contributed by atoms with van der Waals surface area (Å²) >= 11 is 0. The van der Waals surface area contributed by atoms with E-state index in [0.29, 0.717) is 11.6 Å². The Morgan fingerprint density at radius 2 is 2.05 bits per heavy atom. The SMILES string of the molecule is CC1CCc2ccccc2N1Cc1ccc(F)c(CN)c1. The number of hydrogen-bond donors (Lipinski definition) is 1. The molecule has 2 aromatic rings. The van der Waals surface area contributed by atoms with Gasteiger partial charge in [0, 0.05) is 30.4 Å². The van der Waals surface area contributed by atoms with Gasteiger partial charge in [0.1, 0.15) is 5.82 Å². The topological polar surface area (TPSA) is 29.3 Å². The van der Waals surface area contributed by atoms with E-state index in [-0.39, 0.29) is 12.4 Å². The van der Waals surface area contributed by atoms with Gasteiger partial charge >= 0.3 is 0 Å². The Morgan fingerprint density at radius 3 is 2.86 bits per heavy atom. The molecular weight excluding hydrogens is 263 g/mol. The molecule has 2 aromatic carbocycles. The Bertz CT molecular complexity index is 639. The van der Waals surface area contributed by atoms with Crippen LogP contribution in [0.5, 0.6) is 0 Å². The van der Waals surface area contributed by atoms with E-state index in [0.717, 1.165) is 24.9 Å². The van der Waals surface area contributed by atoms with Gasteiger partial charge in [-0.25, -0.2) is 4.39 Å². The third kappa shape index (κ3) is 2.79. The minimum Gasteiger partial charge on any atom is -0.364 e. The van der Waals surface area contributed by atoms with Crippen LogP contribution in [0.1, 0.15) is 30.0 Å². The standard InChI is InChI=1S/C18H21FN2/c1-13-6-8-15-4-2-3-5-18(15)21(13)12-14-7-9-17(19)16(10-14)11-20/h2-5,7,9-10,13H,6,8,11-12,20H2,1H3. The average Bonchev–Trinajstić information content (AvgIpc) is 2.52. The van der Waals surface area contributed by atoms with Gasteiger partial charge in [0.05, 0.1) is 0 Å². The van der Waals surface area contributed by atoms with Crippen molar-refractivity contribution in [3.63, 3.8) is 0 Å². The second-order valence-corrected chi connectivity index (χ2v) is 5.77. The van der Waals surface area contributed by atoms with Crippen LogP contribution < -0.4 is 10.6 Å². The molecule has 0 aromatic heterocycles. The molecule has 1 aliphatic rings. The zero-order valence-electron chi connectivity index (χ0n) is 12.3. The fourth-order valence-corrected chi connectivity index (χ4v) is 3.08. The third-order valence-corrected chi connectivity index (χ3v) is 4.35. The zero-order valence-corrected chi connectivity index (χ0v) is 12.3. The van der Waals surface area contributed by atoms with Crippen LogP contribution >= 0.6 is 0 Å². The largest absolute Gasteiger partial charge is 0.364 e. The minimum absolute atomic E-state index is 0.214. The first-order valence-corrected chi connectivity index (χ1v) is 7.51. The van der Waals surface area contributed by atoms with Crippen molar-refractivity contribution in [2.45, 2.75) is 38.9 Å². The molecule has 1 aliphatic heterocycles. The summed E-state index contributed by atoms with van der Waals surface area (Å²) in [5.74, 6) is -0.214. The summed E-state index contributed by atoms with van der Waals surface area (Å²) in [5.41, 5.74) is 10.0. The molecule has 2 N–H and O–H groups in total. The summed E-state index contributed by atoms with van der Waals surface area (Å²) in [6, 6.07) is 14.3. The van der Waals surface area contributed by atoms with Gasteiger partial charge in [-0.15, -0.1) is 0 Å². The second kappa shape index (κ2) is 5.86. The van der Waals surface area contributed by atoms with Gasteiger partial charge in [0.2, 0.25) is 0 Å². The maximum absolute atomic E-state index is 13.6. The van der Waals surface area contributed by atoms with Crippen molar-refractivity contribution in [3.05, 3.63) is 65.0 Å². The summed E-state index contributed by atoms with van der Waals surface area (Å²) in [7, 11) is 0. The van der Waals surface area contributed by atoms with E-state index in [2.05, 4.69) is 36.1 Å². The molecule has 110 valence electrons. The number of nitrogens with zero attached hydrogens (tertiary/aromatic N) is 1. The molecule has 0 saturated heterocycles. The lowest BCUT2D eigenvalue weighted by atomic mass is 9.96. The van der Waals surface area contributed by atoms with Crippen LogP contribution in [0, 0.1) is 5.82 Å². The lowest BCUT2D eigenvalue weighted by molar-refractivity contribution is 0.558. The highest BCUT2D eigenvalue weighted by molar-refractivity contribution is 5.56. The predicted octanol–water partition coefficient (Wildman–Crippen LogP) is 3.63. The molecule has 0 spiro atoms. The van der Waals surface area contributed by atoms with E-state index in [1.807, 2.05) is 12.1 Å². The summed E-state index contributed by atoms with van der Waals surface area (Å²) in [6.07, 6.45) is 2.28. The van der Waals surface area contributed by atoms with Crippen LogP contribution in [0.15, 0.2) is 42.5 Å². The number of hydrogen-bond acceptors (Lipinski definition) is 2. The second-order valence-electron chi connectivity index (χ2n) is 5.77. The molecule has 21 heavy (non-hydrogen) atoms. The first kappa shape index (κ1) is 14.1. The molecule has 0 radical (unpaired) electrons. The number of nitrogens with two attached hydrogens (primary N) is 1. The van der Waals surface area contributed by atoms with Gasteiger partial charge in [-0.3, -0.25) is 0 Å². The fourth-order valence-electron chi connectivity index (χ4n) is 3.08. The van der Waals surface area contributed by atoms with Crippen molar-refractivity contribution in [1.82, 2.24) is 0 Å². The summed E-state index contributed by atoms with van der Waals surface area (Å²) in [6.45, 7) is 3.29. The van der Waals surface area contributed by atoms with E-state index in [1.165, 1.54) is 17.3 Å². The number of benzene rings is 2. The normalized spacial score (nSPS) is 17.7. The van der Waals surface area contributed by atoms with Gasteiger partial charge in [-0.1, -0.05) is 24.3 Å². The highest BCUT2D eigenvalue weighted by atomic mass is 19.1. The van der Waals surface area contributed by atoms with E-state index < -0.39 is 0 Å². The van der Waals surface area contributed by atoms with Crippen molar-refractivity contribution < 1.29 is 4.39 Å². The molecule has 0 bridgehead atoms. The Balaban J connectivity index is 1.90. The van der Waals surface area contributed by atoms with Crippen LogP contribution in [0.25, 0.3) is 0 Å². The maximum atomic E-state index is 13.6. The van der Waals surface area contributed by atoms with Crippen molar-refractivity contribution in [2.24, 2.45) is 5.73 Å². The zero-order chi connectivity index (χ0) is 14.8. The number of fused-ring (bicyclic) bond motifs is 1. The fraction of sp³-hybridized carbons (Fsp3) is 0.333. The van der Waals surface area contributed by atoms with Crippen molar-refractivity contribution in [1.29, 1.82) is 0 Å². The van der Waals surface area contributed by atoms with Gasteiger partial charge in [0.15, 0.2) is 0 Å². The molecule has 2 nitrogen and oxygen atoms in total. The molecule has 1 unspecified atom stereocenters. The van der Waals surface area contributed by atoms with Crippen molar-refractivity contribution in [2.75, 3.05) is 4.90 Å². The average molecular weight is 284 g/mol.